The molecule has 0 heterocycles. The largest absolute Gasteiger partial charge is 0.458 e. The smallest absolute Gasteiger partial charge is 0.408 e. The number of ether oxygens (including phenoxy) is 2. The zero-order chi connectivity index (χ0) is 35.1. The van der Waals surface area contributed by atoms with E-state index in [4.69, 9.17) is 9.47 Å². The molecule has 4 atom stereocenters. The molecule has 2 aromatic carbocycles. The van der Waals surface area contributed by atoms with Gasteiger partial charge in [0.1, 0.15) is 29.3 Å². The Balaban J connectivity index is 2.10. The summed E-state index contributed by atoms with van der Waals surface area (Å²) in [5, 5.41) is 5.83. The molecule has 0 aromatic heterocycles. The van der Waals surface area contributed by atoms with Crippen LogP contribution in [0.3, 0.4) is 0 Å². The Bertz CT molecular complexity index is 1390. The van der Waals surface area contributed by atoms with Crippen molar-refractivity contribution in [3.05, 3.63) is 70.8 Å². The van der Waals surface area contributed by atoms with E-state index in [2.05, 4.69) is 10.6 Å². The van der Waals surface area contributed by atoms with E-state index >= 15 is 0 Å². The van der Waals surface area contributed by atoms with Gasteiger partial charge in [-0.15, -0.1) is 0 Å². The van der Waals surface area contributed by atoms with Crippen LogP contribution in [-0.4, -0.2) is 58.1 Å². The lowest BCUT2D eigenvalue weighted by atomic mass is 9.86. The molecule has 2 N–H and O–H groups in total. The van der Waals surface area contributed by atoms with Crippen molar-refractivity contribution in [1.82, 2.24) is 15.5 Å². The second kappa shape index (κ2) is 15.8. The number of carbonyl (C=O) groups is 4. The molecule has 0 spiro atoms. The summed E-state index contributed by atoms with van der Waals surface area (Å²) in [6, 6.07) is 12.0. The highest BCUT2D eigenvalue weighted by Gasteiger charge is 2.44. The average Bonchev–Trinajstić information content (AvgIpc) is 2.94. The highest BCUT2D eigenvalue weighted by atomic mass is 16.6. The van der Waals surface area contributed by atoms with Crippen LogP contribution in [0.15, 0.2) is 48.5 Å². The summed E-state index contributed by atoms with van der Waals surface area (Å²) in [7, 11) is 0. The molecule has 1 aliphatic carbocycles. The molecular formula is C38H55N3O6. The minimum Gasteiger partial charge on any atom is -0.458 e. The molecule has 0 aliphatic heterocycles. The molecule has 0 saturated heterocycles. The predicted octanol–water partition coefficient (Wildman–Crippen LogP) is 6.73. The first-order valence-corrected chi connectivity index (χ1v) is 16.9. The molecule has 1 aliphatic rings. The average molecular weight is 650 g/mol. The van der Waals surface area contributed by atoms with E-state index in [0.717, 1.165) is 36.0 Å². The minimum atomic E-state index is -1.06. The van der Waals surface area contributed by atoms with Gasteiger partial charge in [-0.3, -0.25) is 9.59 Å². The van der Waals surface area contributed by atoms with Crippen molar-refractivity contribution < 1.29 is 28.7 Å². The molecule has 3 amide bonds. The SMILES string of the molecule is CCC(C)C(NC(=O)OC(C)(C)C)C(=O)N(C1CCC1)C(C(=O)NC(Cc1ccccc1)C(=O)OC(C)(C)C)c1ccc(C)c(C)c1. The normalized spacial score (nSPS) is 16.1. The number of hydrogen-bond donors (Lipinski definition) is 2. The van der Waals surface area contributed by atoms with Gasteiger partial charge >= 0.3 is 12.1 Å². The molecule has 0 radical (unpaired) electrons. The summed E-state index contributed by atoms with van der Waals surface area (Å²) in [6.07, 6.45) is 2.50. The maximum atomic E-state index is 14.7. The molecule has 1 saturated carbocycles. The van der Waals surface area contributed by atoms with Crippen molar-refractivity contribution in [2.45, 2.75) is 137 Å². The molecule has 0 bridgehead atoms. The number of hydrogen-bond acceptors (Lipinski definition) is 6. The number of alkyl carbamates (subject to hydrolysis) is 1. The third kappa shape index (κ3) is 10.8. The highest BCUT2D eigenvalue weighted by Crippen LogP contribution is 2.35. The van der Waals surface area contributed by atoms with Crippen LogP contribution in [0, 0.1) is 19.8 Å². The molecule has 4 unspecified atom stereocenters. The number of nitrogens with one attached hydrogen (secondary N) is 2. The fourth-order valence-electron chi connectivity index (χ4n) is 5.50. The Morgan fingerprint density at radius 1 is 0.872 bits per heavy atom. The lowest BCUT2D eigenvalue weighted by Gasteiger charge is -2.44. The summed E-state index contributed by atoms with van der Waals surface area (Å²) < 4.78 is 11.3. The third-order valence-corrected chi connectivity index (χ3v) is 8.54. The van der Waals surface area contributed by atoms with Gasteiger partial charge < -0.3 is 25.0 Å². The van der Waals surface area contributed by atoms with Crippen LogP contribution < -0.4 is 10.6 Å². The van der Waals surface area contributed by atoms with Gasteiger partial charge in [0.25, 0.3) is 0 Å². The lowest BCUT2D eigenvalue weighted by Crippen LogP contribution is -2.60. The van der Waals surface area contributed by atoms with Crippen LogP contribution in [0.1, 0.15) is 109 Å². The van der Waals surface area contributed by atoms with E-state index in [9.17, 15) is 19.2 Å². The number of esters is 1. The second-order valence-corrected chi connectivity index (χ2v) is 14.9. The van der Waals surface area contributed by atoms with E-state index in [1.807, 2.05) is 76.2 Å². The van der Waals surface area contributed by atoms with Gasteiger partial charge in [0, 0.05) is 12.5 Å². The van der Waals surface area contributed by atoms with E-state index in [-0.39, 0.29) is 24.3 Å². The molecule has 9 nitrogen and oxygen atoms in total. The van der Waals surface area contributed by atoms with E-state index in [1.54, 1.807) is 46.4 Å². The maximum absolute atomic E-state index is 14.7. The Kier molecular flexibility index (Phi) is 12.6. The number of rotatable bonds is 12. The van der Waals surface area contributed by atoms with Crippen molar-refractivity contribution in [2.75, 3.05) is 0 Å². The molecule has 3 rings (SSSR count). The van der Waals surface area contributed by atoms with Crippen molar-refractivity contribution in [2.24, 2.45) is 5.92 Å². The predicted molar refractivity (Wildman–Crippen MR) is 184 cm³/mol. The summed E-state index contributed by atoms with van der Waals surface area (Å²) in [5.74, 6) is -1.64. The van der Waals surface area contributed by atoms with Gasteiger partial charge in [-0.05, 0) is 103 Å². The van der Waals surface area contributed by atoms with Crippen LogP contribution >= 0.6 is 0 Å². The topological polar surface area (TPSA) is 114 Å². The van der Waals surface area contributed by atoms with E-state index < -0.39 is 47.3 Å². The van der Waals surface area contributed by atoms with Gasteiger partial charge in [-0.25, -0.2) is 9.59 Å². The van der Waals surface area contributed by atoms with Gasteiger partial charge in [0.15, 0.2) is 0 Å². The Morgan fingerprint density at radius 2 is 1.49 bits per heavy atom. The van der Waals surface area contributed by atoms with Gasteiger partial charge in [0.2, 0.25) is 11.8 Å². The van der Waals surface area contributed by atoms with Gasteiger partial charge in [-0.1, -0.05) is 68.8 Å². The first-order valence-electron chi connectivity index (χ1n) is 16.9. The van der Waals surface area contributed by atoms with Gasteiger partial charge in [0.05, 0.1) is 0 Å². The number of amides is 3. The summed E-state index contributed by atoms with van der Waals surface area (Å²) in [4.78, 5) is 57.6. The monoisotopic (exact) mass is 649 g/mol. The maximum Gasteiger partial charge on any atom is 0.408 e. The third-order valence-electron chi connectivity index (χ3n) is 8.54. The zero-order valence-corrected chi connectivity index (χ0v) is 29.9. The highest BCUT2D eigenvalue weighted by molar-refractivity contribution is 5.94. The number of nitrogens with zero attached hydrogens (tertiary/aromatic N) is 1. The molecule has 47 heavy (non-hydrogen) atoms. The van der Waals surface area contributed by atoms with Crippen molar-refractivity contribution in [3.8, 4) is 0 Å². The molecule has 1 fully saturated rings. The zero-order valence-electron chi connectivity index (χ0n) is 29.9. The number of carbonyl (C=O) groups excluding carboxylic acids is 4. The van der Waals surface area contributed by atoms with Gasteiger partial charge in [-0.2, -0.15) is 0 Å². The summed E-state index contributed by atoms with van der Waals surface area (Å²) in [6.45, 7) is 18.5. The van der Waals surface area contributed by atoms with E-state index in [0.29, 0.717) is 12.0 Å². The number of benzene rings is 2. The minimum absolute atomic E-state index is 0.216. The van der Waals surface area contributed by atoms with Crippen LogP contribution in [-0.2, 0) is 30.3 Å². The lowest BCUT2D eigenvalue weighted by molar-refractivity contribution is -0.159. The van der Waals surface area contributed by atoms with Crippen molar-refractivity contribution in [1.29, 1.82) is 0 Å². The Hall–Kier alpha value is -3.88. The van der Waals surface area contributed by atoms with Crippen molar-refractivity contribution >= 4 is 23.9 Å². The molecular weight excluding hydrogens is 594 g/mol. The summed E-state index contributed by atoms with van der Waals surface area (Å²) >= 11 is 0. The van der Waals surface area contributed by atoms with Crippen molar-refractivity contribution in [3.63, 3.8) is 0 Å². The quantitative estimate of drug-likeness (QED) is 0.247. The van der Waals surface area contributed by atoms with Crippen LogP contribution in [0.2, 0.25) is 0 Å². The first-order chi connectivity index (χ1) is 21.9. The fraction of sp³-hybridized carbons (Fsp3) is 0.579. The Morgan fingerprint density at radius 3 is 2.00 bits per heavy atom. The molecule has 2 aromatic rings. The molecule has 258 valence electrons. The first kappa shape index (κ1) is 37.6. The standard InChI is InChI=1S/C38H55N3O6/c1-11-24(2)31(40-36(45)47-38(8,9)10)34(43)41(29-18-15-19-29)32(28-21-20-25(3)26(4)22-28)33(42)39-30(35(44)46-37(5,6)7)23-27-16-13-12-14-17-27/h12-14,16-17,20-22,24,29-32H,11,15,18-19,23H2,1-10H3,(H,39,42)(H,40,45). The number of aryl methyl sites for hydroxylation is 2. The van der Waals surface area contributed by atoms with Crippen LogP contribution in [0.4, 0.5) is 4.79 Å². The van der Waals surface area contributed by atoms with E-state index in [1.165, 1.54) is 0 Å². The van der Waals surface area contributed by atoms with Crippen LogP contribution in [0.5, 0.6) is 0 Å². The Labute approximate surface area is 281 Å². The fourth-order valence-corrected chi connectivity index (χ4v) is 5.50. The van der Waals surface area contributed by atoms with Crippen LogP contribution in [0.25, 0.3) is 0 Å². The summed E-state index contributed by atoms with van der Waals surface area (Å²) in [5.41, 5.74) is 1.99. The second-order valence-electron chi connectivity index (χ2n) is 14.9. The molecule has 9 heteroatoms.